The first kappa shape index (κ1) is 9.59. The average molecular weight is 210 g/mol. The van der Waals surface area contributed by atoms with Gasteiger partial charge in [0.1, 0.15) is 0 Å². The number of hydrogen-bond donors (Lipinski definition) is 0. The number of nitrogens with zero attached hydrogens (tertiary/aromatic N) is 1. The summed E-state index contributed by atoms with van der Waals surface area (Å²) in [5, 5.41) is 0. The van der Waals surface area contributed by atoms with E-state index < -0.39 is 0 Å². The summed E-state index contributed by atoms with van der Waals surface area (Å²) in [6.45, 7) is 5.50. The van der Waals surface area contributed by atoms with Crippen LogP contribution in [0.3, 0.4) is 0 Å². The molecule has 1 nitrogen and oxygen atoms in total. The van der Waals surface area contributed by atoms with Gasteiger partial charge in [-0.1, -0.05) is 32.0 Å². The topological polar surface area (TPSA) is 3.88 Å². The Hall–Kier alpha value is -1.63. The summed E-state index contributed by atoms with van der Waals surface area (Å²) in [6, 6.07) is 13.2. The summed E-state index contributed by atoms with van der Waals surface area (Å²) in [4.78, 5) is 0. The molecule has 0 fully saturated rings. The monoisotopic (exact) mass is 210 g/mol. The molecule has 0 radical (unpaired) electrons. The van der Waals surface area contributed by atoms with Crippen molar-refractivity contribution in [2.24, 2.45) is 0 Å². The zero-order valence-corrected chi connectivity index (χ0v) is 9.77. The second kappa shape index (κ2) is 3.44. The molecule has 0 unspecified atom stereocenters. The van der Waals surface area contributed by atoms with E-state index in [1.807, 2.05) is 0 Å². The van der Waals surface area contributed by atoms with Gasteiger partial charge in [-0.2, -0.15) is 4.57 Å². The lowest BCUT2D eigenvalue weighted by molar-refractivity contribution is -0.672. The van der Waals surface area contributed by atoms with Gasteiger partial charge in [-0.05, 0) is 18.1 Å². The van der Waals surface area contributed by atoms with E-state index >= 15 is 0 Å². The van der Waals surface area contributed by atoms with Crippen LogP contribution in [0.1, 0.15) is 30.9 Å². The van der Waals surface area contributed by atoms with Crippen molar-refractivity contribution in [3.05, 3.63) is 53.7 Å². The Morgan fingerprint density at radius 2 is 1.88 bits per heavy atom. The number of fused-ring (bicyclic) bond motifs is 3. The average Bonchev–Trinajstić information content (AvgIpc) is 2.66. The normalized spacial score (nSPS) is 12.7. The van der Waals surface area contributed by atoms with Crippen LogP contribution in [0, 0.1) is 0 Å². The quantitative estimate of drug-likeness (QED) is 0.543. The maximum atomic E-state index is 2.36. The van der Waals surface area contributed by atoms with Crippen molar-refractivity contribution in [3.63, 3.8) is 0 Å². The van der Waals surface area contributed by atoms with E-state index in [4.69, 9.17) is 0 Å². The smallest absolute Gasteiger partial charge is 0.194 e. The number of benzene rings is 1. The summed E-state index contributed by atoms with van der Waals surface area (Å²) in [6.07, 6.45) is 2.29. The summed E-state index contributed by atoms with van der Waals surface area (Å²) >= 11 is 0. The molecule has 0 atom stereocenters. The summed E-state index contributed by atoms with van der Waals surface area (Å²) in [7, 11) is 0. The summed E-state index contributed by atoms with van der Waals surface area (Å²) in [5.41, 5.74) is 5.58. The Kier molecular flexibility index (Phi) is 2.06. The van der Waals surface area contributed by atoms with Crippen LogP contribution in [0.25, 0.3) is 11.3 Å². The third kappa shape index (κ3) is 1.35. The first-order chi connectivity index (χ1) is 7.75. The van der Waals surface area contributed by atoms with Gasteiger partial charge in [-0.3, -0.25) is 0 Å². The molecule has 0 spiro atoms. The van der Waals surface area contributed by atoms with Gasteiger partial charge >= 0.3 is 0 Å². The Morgan fingerprint density at radius 3 is 2.69 bits per heavy atom. The lowest BCUT2D eigenvalue weighted by Gasteiger charge is -2.03. The van der Waals surface area contributed by atoms with E-state index in [0.29, 0.717) is 5.92 Å². The number of aromatic nitrogens is 1. The molecule has 1 aliphatic rings. The van der Waals surface area contributed by atoms with Crippen molar-refractivity contribution in [1.82, 2.24) is 0 Å². The van der Waals surface area contributed by atoms with E-state index in [1.54, 1.807) is 0 Å². The molecular weight excluding hydrogens is 194 g/mol. The van der Waals surface area contributed by atoms with Crippen LogP contribution < -0.4 is 4.57 Å². The van der Waals surface area contributed by atoms with Crippen molar-refractivity contribution in [3.8, 4) is 11.3 Å². The fraction of sp³-hybridized carbons (Fsp3) is 0.267. The highest BCUT2D eigenvalue weighted by Gasteiger charge is 2.25. The molecule has 0 saturated carbocycles. The fourth-order valence-corrected chi connectivity index (χ4v) is 2.37. The van der Waals surface area contributed by atoms with E-state index in [1.165, 1.54) is 22.4 Å². The van der Waals surface area contributed by atoms with Gasteiger partial charge in [0.05, 0.1) is 5.56 Å². The van der Waals surface area contributed by atoms with Crippen LogP contribution in [-0.2, 0) is 6.54 Å². The molecule has 80 valence electrons. The van der Waals surface area contributed by atoms with Crippen LogP contribution in [-0.4, -0.2) is 0 Å². The molecule has 0 N–H and O–H groups in total. The molecule has 3 rings (SSSR count). The van der Waals surface area contributed by atoms with Crippen LogP contribution in [0.15, 0.2) is 42.6 Å². The van der Waals surface area contributed by atoms with Crippen molar-refractivity contribution in [2.75, 3.05) is 0 Å². The van der Waals surface area contributed by atoms with E-state index in [-0.39, 0.29) is 0 Å². The predicted octanol–water partition coefficient (Wildman–Crippen LogP) is 3.13. The SMILES string of the molecule is CC(C)c1ccc2[n+](c1)Cc1ccccc1-2. The molecule has 1 heteroatoms. The Balaban J connectivity index is 2.14. The first-order valence-corrected chi connectivity index (χ1v) is 5.87. The van der Waals surface area contributed by atoms with Gasteiger partial charge < -0.3 is 0 Å². The molecule has 2 aromatic rings. The Morgan fingerprint density at radius 1 is 1.06 bits per heavy atom. The van der Waals surface area contributed by atoms with Gasteiger partial charge in [0.15, 0.2) is 12.7 Å². The molecule has 1 aromatic heterocycles. The molecule has 0 amide bonds. The standard InChI is InChI=1S/C15H16N/c1-11(2)12-7-8-15-14-6-4-3-5-13(14)10-16(15)9-12/h3-9,11H,10H2,1-2H3/q+1. The minimum Gasteiger partial charge on any atom is -0.194 e. The van der Waals surface area contributed by atoms with Gasteiger partial charge in [0, 0.05) is 17.2 Å². The molecule has 16 heavy (non-hydrogen) atoms. The second-order valence-electron chi connectivity index (χ2n) is 4.79. The Bertz CT molecular complexity index is 541. The zero-order chi connectivity index (χ0) is 11.1. The van der Waals surface area contributed by atoms with Gasteiger partial charge in [-0.15, -0.1) is 0 Å². The molecular formula is C15H16N+. The van der Waals surface area contributed by atoms with Crippen LogP contribution in [0.4, 0.5) is 0 Å². The largest absolute Gasteiger partial charge is 0.213 e. The van der Waals surface area contributed by atoms with E-state index in [9.17, 15) is 0 Å². The minimum absolute atomic E-state index is 0.599. The van der Waals surface area contributed by atoms with Crippen molar-refractivity contribution >= 4 is 0 Å². The molecule has 1 aromatic carbocycles. The number of hydrogen-bond acceptors (Lipinski definition) is 0. The fourth-order valence-electron chi connectivity index (χ4n) is 2.37. The molecule has 0 saturated heterocycles. The lowest BCUT2D eigenvalue weighted by Crippen LogP contribution is -2.32. The van der Waals surface area contributed by atoms with Crippen LogP contribution >= 0.6 is 0 Å². The van der Waals surface area contributed by atoms with Crippen LogP contribution in [0.5, 0.6) is 0 Å². The van der Waals surface area contributed by atoms with Crippen LogP contribution in [0.2, 0.25) is 0 Å². The second-order valence-corrected chi connectivity index (χ2v) is 4.79. The van der Waals surface area contributed by atoms with Crippen molar-refractivity contribution < 1.29 is 4.57 Å². The van der Waals surface area contributed by atoms with E-state index in [0.717, 1.165) is 6.54 Å². The zero-order valence-electron chi connectivity index (χ0n) is 9.77. The highest BCUT2D eigenvalue weighted by Crippen LogP contribution is 2.27. The number of pyridine rings is 1. The predicted molar refractivity (Wildman–Crippen MR) is 65.3 cm³/mol. The summed E-state index contributed by atoms with van der Waals surface area (Å²) in [5.74, 6) is 0.599. The molecule has 0 bridgehead atoms. The maximum absolute atomic E-state index is 2.36. The number of rotatable bonds is 1. The van der Waals surface area contributed by atoms with Gasteiger partial charge in [0.25, 0.3) is 0 Å². The molecule has 2 heterocycles. The first-order valence-electron chi connectivity index (χ1n) is 5.87. The third-order valence-electron chi connectivity index (χ3n) is 3.35. The lowest BCUT2D eigenvalue weighted by atomic mass is 10.0. The van der Waals surface area contributed by atoms with Gasteiger partial charge in [0.2, 0.25) is 5.69 Å². The maximum Gasteiger partial charge on any atom is 0.213 e. The highest BCUT2D eigenvalue weighted by atomic mass is 15.0. The van der Waals surface area contributed by atoms with Gasteiger partial charge in [-0.25, -0.2) is 0 Å². The summed E-state index contributed by atoms with van der Waals surface area (Å²) < 4.78 is 2.36. The van der Waals surface area contributed by atoms with Crippen molar-refractivity contribution in [2.45, 2.75) is 26.3 Å². The van der Waals surface area contributed by atoms with Crippen molar-refractivity contribution in [1.29, 1.82) is 0 Å². The Labute approximate surface area is 96.4 Å². The molecule has 1 aliphatic heterocycles. The molecule has 0 aliphatic carbocycles. The third-order valence-corrected chi connectivity index (χ3v) is 3.35. The van der Waals surface area contributed by atoms with E-state index in [2.05, 4.69) is 61.0 Å². The highest BCUT2D eigenvalue weighted by molar-refractivity contribution is 5.63. The minimum atomic E-state index is 0.599.